The molecular weight excluding hydrogens is 131 g/mol. The maximum absolute atomic E-state index is 10.6. The van der Waals surface area contributed by atoms with Crippen LogP contribution in [0.4, 0.5) is 0 Å². The fraction of sp³-hybridized carbons (Fsp3) is 1.00. The highest BCUT2D eigenvalue weighted by Gasteiger charge is 2.16. The third kappa shape index (κ3) is 1.92. The molecule has 0 atom stereocenters. The Kier molecular flexibility index (Phi) is 3.24. The van der Waals surface area contributed by atoms with E-state index in [0.29, 0.717) is 0 Å². The van der Waals surface area contributed by atoms with Crippen LogP contribution in [0.2, 0.25) is 0 Å². The maximum Gasteiger partial charge on any atom is 0.160 e. The molecule has 0 aromatic rings. The summed E-state index contributed by atoms with van der Waals surface area (Å²) in [5.41, 5.74) is 0. The van der Waals surface area contributed by atoms with Gasteiger partial charge >= 0.3 is 0 Å². The highest BCUT2D eigenvalue weighted by Crippen LogP contribution is 2.40. The summed E-state index contributed by atoms with van der Waals surface area (Å²) in [5.74, 6) is 0. The molecule has 0 aliphatic carbocycles. The Hall–Kier alpha value is 0.110. The molecule has 0 amide bonds. The molecule has 0 radical (unpaired) electrons. The summed E-state index contributed by atoms with van der Waals surface area (Å²) in [6.07, 6.45) is -1.88. The van der Waals surface area contributed by atoms with Crippen LogP contribution < -0.4 is 0 Å². The van der Waals surface area contributed by atoms with E-state index < -0.39 is 26.2 Å². The van der Waals surface area contributed by atoms with Crippen molar-refractivity contribution in [3.05, 3.63) is 0 Å². The molecule has 0 aromatic carbocycles. The summed E-state index contributed by atoms with van der Waals surface area (Å²) in [7, 11) is -3.00. The standard InChI is InChI=1S/C3H9O4P/c4-1-8(7,2-5)3-6/h4-6H,1-3H2. The molecule has 0 saturated carbocycles. The summed E-state index contributed by atoms with van der Waals surface area (Å²) < 4.78 is 10.6. The summed E-state index contributed by atoms with van der Waals surface area (Å²) in [5, 5.41) is 24.6. The van der Waals surface area contributed by atoms with Crippen molar-refractivity contribution in [3.63, 3.8) is 0 Å². The average Bonchev–Trinajstić information content (AvgIpc) is 1.87. The molecule has 4 nitrogen and oxygen atoms in total. The van der Waals surface area contributed by atoms with Gasteiger partial charge in [0.05, 0.1) is 0 Å². The zero-order valence-electron chi connectivity index (χ0n) is 4.32. The molecule has 8 heavy (non-hydrogen) atoms. The van der Waals surface area contributed by atoms with Gasteiger partial charge in [0, 0.05) is 0 Å². The van der Waals surface area contributed by atoms with E-state index >= 15 is 0 Å². The summed E-state index contributed by atoms with van der Waals surface area (Å²) in [4.78, 5) is 0. The van der Waals surface area contributed by atoms with Crippen molar-refractivity contribution in [3.8, 4) is 0 Å². The second kappa shape index (κ2) is 3.20. The topological polar surface area (TPSA) is 77.8 Å². The van der Waals surface area contributed by atoms with Crippen LogP contribution in [0.1, 0.15) is 0 Å². The van der Waals surface area contributed by atoms with Gasteiger partial charge in [0.25, 0.3) is 0 Å². The van der Waals surface area contributed by atoms with Gasteiger partial charge < -0.3 is 19.9 Å². The minimum absolute atomic E-state index is 0.625. The van der Waals surface area contributed by atoms with Gasteiger partial charge in [-0.15, -0.1) is 0 Å². The molecule has 0 saturated heterocycles. The Balaban J connectivity index is 3.79. The predicted octanol–water partition coefficient (Wildman–Crippen LogP) is -0.801. The molecule has 0 aromatic heterocycles. The first-order valence-corrected chi connectivity index (χ1v) is 4.34. The second-order valence-corrected chi connectivity index (χ2v) is 4.45. The average molecular weight is 140 g/mol. The lowest BCUT2D eigenvalue weighted by molar-refractivity contribution is 0.297. The molecule has 0 unspecified atom stereocenters. The summed E-state index contributed by atoms with van der Waals surface area (Å²) >= 11 is 0. The first kappa shape index (κ1) is 8.11. The zero-order valence-corrected chi connectivity index (χ0v) is 5.21. The number of hydrogen-bond acceptors (Lipinski definition) is 4. The van der Waals surface area contributed by atoms with Crippen molar-refractivity contribution >= 4 is 7.14 Å². The van der Waals surface area contributed by atoms with E-state index in [9.17, 15) is 4.57 Å². The van der Waals surface area contributed by atoms with Crippen LogP contribution in [0.25, 0.3) is 0 Å². The predicted molar refractivity (Wildman–Crippen MR) is 28.9 cm³/mol. The number of rotatable bonds is 3. The molecule has 0 fully saturated rings. The zero-order chi connectivity index (χ0) is 6.62. The molecular formula is C3H9O4P. The normalized spacial score (nSPS) is 11.9. The minimum Gasteiger partial charge on any atom is -0.388 e. The fourth-order valence-electron chi connectivity index (χ4n) is 0.134. The molecule has 0 spiro atoms. The van der Waals surface area contributed by atoms with Crippen molar-refractivity contribution < 1.29 is 19.9 Å². The highest BCUT2D eigenvalue weighted by molar-refractivity contribution is 7.63. The molecule has 0 aliphatic rings. The van der Waals surface area contributed by atoms with Gasteiger partial charge in [0.1, 0.15) is 19.0 Å². The Labute approximate surface area is 47.1 Å². The Morgan fingerprint density at radius 3 is 1.25 bits per heavy atom. The van der Waals surface area contributed by atoms with Crippen LogP contribution in [0.5, 0.6) is 0 Å². The van der Waals surface area contributed by atoms with E-state index in [4.69, 9.17) is 15.3 Å². The van der Waals surface area contributed by atoms with Crippen LogP contribution in [-0.4, -0.2) is 34.4 Å². The van der Waals surface area contributed by atoms with Crippen molar-refractivity contribution in [2.45, 2.75) is 0 Å². The number of aliphatic hydroxyl groups is 3. The van der Waals surface area contributed by atoms with E-state index in [1.165, 1.54) is 0 Å². The molecule has 5 heteroatoms. The molecule has 50 valence electrons. The molecule has 0 rings (SSSR count). The Morgan fingerprint density at radius 1 is 1.00 bits per heavy atom. The van der Waals surface area contributed by atoms with Crippen LogP contribution in [-0.2, 0) is 4.57 Å². The summed E-state index contributed by atoms with van der Waals surface area (Å²) in [6, 6.07) is 0. The Morgan fingerprint density at radius 2 is 1.25 bits per heavy atom. The van der Waals surface area contributed by atoms with Crippen LogP contribution in [0, 0.1) is 0 Å². The SMILES string of the molecule is O=P(CO)(CO)CO. The van der Waals surface area contributed by atoms with Crippen molar-refractivity contribution in [2.24, 2.45) is 0 Å². The third-order valence-electron chi connectivity index (χ3n) is 0.773. The van der Waals surface area contributed by atoms with E-state index in [2.05, 4.69) is 0 Å². The smallest absolute Gasteiger partial charge is 0.160 e. The molecule has 0 aliphatic heterocycles. The lowest BCUT2D eigenvalue weighted by atomic mass is 11.6. The number of aliphatic hydroxyl groups excluding tert-OH is 3. The minimum atomic E-state index is -3.00. The van der Waals surface area contributed by atoms with Gasteiger partial charge in [0.2, 0.25) is 0 Å². The Bertz CT molecular complexity index is 82.4. The van der Waals surface area contributed by atoms with Gasteiger partial charge in [-0.1, -0.05) is 0 Å². The second-order valence-electron chi connectivity index (χ2n) is 1.48. The van der Waals surface area contributed by atoms with Crippen molar-refractivity contribution in [1.29, 1.82) is 0 Å². The van der Waals surface area contributed by atoms with E-state index in [-0.39, 0.29) is 0 Å². The van der Waals surface area contributed by atoms with Crippen LogP contribution in [0.15, 0.2) is 0 Å². The van der Waals surface area contributed by atoms with Crippen molar-refractivity contribution in [2.75, 3.05) is 19.0 Å². The molecule has 0 bridgehead atoms. The third-order valence-corrected chi connectivity index (χ3v) is 2.32. The van der Waals surface area contributed by atoms with Gasteiger partial charge in [-0.2, -0.15) is 0 Å². The van der Waals surface area contributed by atoms with Crippen molar-refractivity contribution in [1.82, 2.24) is 0 Å². The first-order chi connectivity index (χ1) is 3.68. The van der Waals surface area contributed by atoms with Gasteiger partial charge in [-0.25, -0.2) is 0 Å². The van der Waals surface area contributed by atoms with Crippen LogP contribution in [0.3, 0.4) is 0 Å². The monoisotopic (exact) mass is 140 g/mol. The van der Waals surface area contributed by atoms with E-state index in [1.54, 1.807) is 0 Å². The first-order valence-electron chi connectivity index (χ1n) is 2.08. The fourth-order valence-corrected chi connectivity index (χ4v) is 0.402. The molecule has 0 heterocycles. The van der Waals surface area contributed by atoms with E-state index in [0.717, 1.165) is 0 Å². The van der Waals surface area contributed by atoms with Gasteiger partial charge in [0.15, 0.2) is 7.14 Å². The van der Waals surface area contributed by atoms with Crippen LogP contribution >= 0.6 is 7.14 Å². The quantitative estimate of drug-likeness (QED) is 0.448. The lowest BCUT2D eigenvalue weighted by Gasteiger charge is -2.05. The molecule has 3 N–H and O–H groups in total. The lowest BCUT2D eigenvalue weighted by Crippen LogP contribution is -1.97. The summed E-state index contributed by atoms with van der Waals surface area (Å²) in [6.45, 7) is 0. The van der Waals surface area contributed by atoms with E-state index in [1.807, 2.05) is 0 Å². The highest BCUT2D eigenvalue weighted by atomic mass is 31.2. The number of hydrogen-bond donors (Lipinski definition) is 3. The largest absolute Gasteiger partial charge is 0.388 e. The maximum atomic E-state index is 10.6. The van der Waals surface area contributed by atoms with Gasteiger partial charge in [-0.05, 0) is 0 Å². The van der Waals surface area contributed by atoms with Gasteiger partial charge in [-0.3, -0.25) is 0 Å².